The zero-order valence-corrected chi connectivity index (χ0v) is 14.5. The monoisotopic (exact) mass is 324 g/mol. The van der Waals surface area contributed by atoms with Crippen LogP contribution in [0, 0.1) is 0 Å². The van der Waals surface area contributed by atoms with Gasteiger partial charge in [-0.15, -0.1) is 0 Å². The first-order valence-corrected chi connectivity index (χ1v) is 9.67. The fourth-order valence-electron chi connectivity index (χ4n) is 4.11. The zero-order valence-electron chi connectivity index (χ0n) is 14.5. The highest BCUT2D eigenvalue weighted by molar-refractivity contribution is 5.92. The van der Waals surface area contributed by atoms with Gasteiger partial charge in [0.1, 0.15) is 6.33 Å². The zero-order chi connectivity index (χ0) is 16.2. The van der Waals surface area contributed by atoms with E-state index in [4.69, 9.17) is 4.99 Å². The normalized spacial score (nSPS) is 21.2. The molecule has 0 radical (unpaired) electrons. The van der Waals surface area contributed by atoms with Gasteiger partial charge in [0.25, 0.3) is 0 Å². The van der Waals surface area contributed by atoms with Crippen LogP contribution in [0.2, 0.25) is 0 Å². The van der Waals surface area contributed by atoms with Crippen LogP contribution in [0.5, 0.6) is 0 Å². The van der Waals surface area contributed by atoms with Crippen LogP contribution in [0.25, 0.3) is 11.0 Å². The lowest BCUT2D eigenvalue weighted by Crippen LogP contribution is -2.40. The maximum atomic E-state index is 5.15. The Bertz CT molecular complexity index is 690. The maximum absolute atomic E-state index is 5.15. The summed E-state index contributed by atoms with van der Waals surface area (Å²) in [6.45, 7) is 0. The van der Waals surface area contributed by atoms with E-state index in [0.29, 0.717) is 12.1 Å². The lowest BCUT2D eigenvalue weighted by Gasteiger charge is -2.26. The second kappa shape index (κ2) is 7.37. The van der Waals surface area contributed by atoms with Crippen LogP contribution in [-0.4, -0.2) is 27.6 Å². The van der Waals surface area contributed by atoms with E-state index in [0.717, 1.165) is 17.0 Å². The van der Waals surface area contributed by atoms with Gasteiger partial charge in [-0.1, -0.05) is 50.7 Å². The number of nitrogens with one attached hydrogen (secondary N) is 1. The Morgan fingerprint density at radius 2 is 1.67 bits per heavy atom. The van der Waals surface area contributed by atoms with Gasteiger partial charge >= 0.3 is 0 Å². The molecule has 2 saturated carbocycles. The molecule has 4 rings (SSSR count). The van der Waals surface area contributed by atoms with Crippen molar-refractivity contribution in [3.63, 3.8) is 0 Å². The van der Waals surface area contributed by atoms with Gasteiger partial charge in [0.15, 0.2) is 0 Å². The van der Waals surface area contributed by atoms with E-state index in [9.17, 15) is 0 Å². The van der Waals surface area contributed by atoms with E-state index in [-0.39, 0.29) is 0 Å². The van der Waals surface area contributed by atoms with E-state index < -0.39 is 0 Å². The molecule has 0 amide bonds. The van der Waals surface area contributed by atoms with E-state index in [1.807, 2.05) is 12.4 Å². The van der Waals surface area contributed by atoms with Crippen LogP contribution >= 0.6 is 0 Å². The first-order valence-electron chi connectivity index (χ1n) is 9.67. The minimum Gasteiger partial charge on any atom is -0.353 e. The highest BCUT2D eigenvalue weighted by atomic mass is 15.2. The van der Waals surface area contributed by atoms with Crippen LogP contribution in [-0.2, 0) is 0 Å². The van der Waals surface area contributed by atoms with Gasteiger partial charge in [0, 0.05) is 6.04 Å². The second-order valence-electron chi connectivity index (χ2n) is 7.33. The average Bonchev–Trinajstić information content (AvgIpc) is 3.07. The van der Waals surface area contributed by atoms with Crippen LogP contribution in [0.15, 0.2) is 35.6 Å². The minimum absolute atomic E-state index is 0.464. The van der Waals surface area contributed by atoms with Gasteiger partial charge in [-0.3, -0.25) is 4.57 Å². The van der Waals surface area contributed by atoms with Gasteiger partial charge in [-0.25, -0.2) is 9.98 Å². The van der Waals surface area contributed by atoms with Crippen molar-refractivity contribution in [3.05, 3.63) is 30.6 Å². The minimum atomic E-state index is 0.464. The number of rotatable bonds is 2. The maximum Gasteiger partial charge on any atom is 0.204 e. The quantitative estimate of drug-likeness (QED) is 0.653. The molecule has 1 aromatic heterocycles. The number of hydrogen-bond acceptors (Lipinski definition) is 2. The summed E-state index contributed by atoms with van der Waals surface area (Å²) < 4.78 is 2.17. The van der Waals surface area contributed by atoms with Crippen molar-refractivity contribution >= 4 is 17.0 Å². The standard InChI is InChI=1S/C20H28N4/c1-3-9-16(10-4-1)22-20(23-17-11-5-2-6-12-17)24-15-21-18-13-7-8-14-19(18)24/h7-8,13-17H,1-6,9-12H2,(H,22,23). The molecule has 0 atom stereocenters. The van der Waals surface area contributed by atoms with E-state index in [1.165, 1.54) is 64.2 Å². The van der Waals surface area contributed by atoms with Crippen molar-refractivity contribution in [2.75, 3.05) is 0 Å². The van der Waals surface area contributed by atoms with Crippen molar-refractivity contribution in [2.24, 2.45) is 4.99 Å². The van der Waals surface area contributed by atoms with Gasteiger partial charge in [-0.05, 0) is 37.8 Å². The number of aromatic nitrogens is 2. The smallest absolute Gasteiger partial charge is 0.204 e. The molecular formula is C20H28N4. The molecule has 128 valence electrons. The summed E-state index contributed by atoms with van der Waals surface area (Å²) in [5.41, 5.74) is 2.19. The lowest BCUT2D eigenvalue weighted by atomic mass is 9.95. The molecule has 1 heterocycles. The summed E-state index contributed by atoms with van der Waals surface area (Å²) in [5, 5.41) is 3.77. The third-order valence-corrected chi connectivity index (χ3v) is 5.50. The number of para-hydroxylation sites is 2. The van der Waals surface area contributed by atoms with Gasteiger partial charge in [-0.2, -0.15) is 0 Å². The second-order valence-corrected chi connectivity index (χ2v) is 7.33. The van der Waals surface area contributed by atoms with Crippen molar-refractivity contribution in [2.45, 2.75) is 76.3 Å². The van der Waals surface area contributed by atoms with E-state index >= 15 is 0 Å². The van der Waals surface area contributed by atoms with E-state index in [1.54, 1.807) is 0 Å². The largest absolute Gasteiger partial charge is 0.353 e. The highest BCUT2D eigenvalue weighted by Gasteiger charge is 2.19. The Morgan fingerprint density at radius 3 is 2.46 bits per heavy atom. The third-order valence-electron chi connectivity index (χ3n) is 5.50. The number of benzene rings is 1. The molecule has 4 nitrogen and oxygen atoms in total. The molecule has 24 heavy (non-hydrogen) atoms. The van der Waals surface area contributed by atoms with Crippen molar-refractivity contribution < 1.29 is 0 Å². The molecule has 2 fully saturated rings. The number of hydrogen-bond donors (Lipinski definition) is 1. The number of fused-ring (bicyclic) bond motifs is 1. The van der Waals surface area contributed by atoms with Crippen molar-refractivity contribution in [1.82, 2.24) is 14.9 Å². The Kier molecular flexibility index (Phi) is 4.81. The van der Waals surface area contributed by atoms with Crippen LogP contribution < -0.4 is 5.32 Å². The Balaban J connectivity index is 1.64. The fourth-order valence-corrected chi connectivity index (χ4v) is 4.11. The first-order chi connectivity index (χ1) is 11.9. The van der Waals surface area contributed by atoms with Crippen LogP contribution in [0.4, 0.5) is 0 Å². The predicted octanol–water partition coefficient (Wildman–Crippen LogP) is 4.50. The molecule has 1 N–H and O–H groups in total. The molecule has 0 unspecified atom stereocenters. The first kappa shape index (κ1) is 15.7. The van der Waals surface area contributed by atoms with Gasteiger partial charge in [0.2, 0.25) is 5.96 Å². The molecule has 2 aliphatic carbocycles. The third kappa shape index (κ3) is 3.47. The molecule has 2 aromatic rings. The molecule has 1 aromatic carbocycles. The Hall–Kier alpha value is -1.84. The van der Waals surface area contributed by atoms with Crippen LogP contribution in [0.3, 0.4) is 0 Å². The number of nitrogens with zero attached hydrogens (tertiary/aromatic N) is 3. The molecule has 0 spiro atoms. The molecule has 0 aliphatic heterocycles. The fraction of sp³-hybridized carbons (Fsp3) is 0.600. The SMILES string of the molecule is c1ccc2c(c1)ncn2C(=NC1CCCCC1)NC1CCCCC1. The molecule has 4 heteroatoms. The summed E-state index contributed by atoms with van der Waals surface area (Å²) in [6.07, 6.45) is 14.9. The Morgan fingerprint density at radius 1 is 0.958 bits per heavy atom. The lowest BCUT2D eigenvalue weighted by molar-refractivity contribution is 0.405. The van der Waals surface area contributed by atoms with E-state index in [2.05, 4.69) is 33.1 Å². The molecular weight excluding hydrogens is 296 g/mol. The summed E-state index contributed by atoms with van der Waals surface area (Å²) in [4.78, 5) is 9.72. The highest BCUT2D eigenvalue weighted by Crippen LogP contribution is 2.22. The summed E-state index contributed by atoms with van der Waals surface area (Å²) in [6, 6.07) is 9.37. The summed E-state index contributed by atoms with van der Waals surface area (Å²) in [5.74, 6) is 1.02. The van der Waals surface area contributed by atoms with Gasteiger partial charge in [0.05, 0.1) is 17.1 Å². The number of imidazole rings is 1. The van der Waals surface area contributed by atoms with Crippen molar-refractivity contribution in [1.29, 1.82) is 0 Å². The average molecular weight is 324 g/mol. The van der Waals surface area contributed by atoms with Crippen molar-refractivity contribution in [3.8, 4) is 0 Å². The molecule has 0 saturated heterocycles. The Labute approximate surface area is 144 Å². The topological polar surface area (TPSA) is 42.2 Å². The summed E-state index contributed by atoms with van der Waals surface area (Å²) >= 11 is 0. The van der Waals surface area contributed by atoms with Crippen LogP contribution in [0.1, 0.15) is 64.2 Å². The molecule has 2 aliphatic rings. The number of aliphatic imine (C=N–C) groups is 1. The predicted molar refractivity (Wildman–Crippen MR) is 99.4 cm³/mol. The molecule has 0 bridgehead atoms. The van der Waals surface area contributed by atoms with Gasteiger partial charge < -0.3 is 5.32 Å². The summed E-state index contributed by atoms with van der Waals surface area (Å²) in [7, 11) is 0.